The van der Waals surface area contributed by atoms with Crippen molar-refractivity contribution in [3.8, 4) is 0 Å². The smallest absolute Gasteiger partial charge is 0.0354 e. The quantitative estimate of drug-likeness (QED) is 0.507. The van der Waals surface area contributed by atoms with Crippen molar-refractivity contribution in [2.75, 3.05) is 0 Å². The van der Waals surface area contributed by atoms with E-state index in [4.69, 9.17) is 0 Å². The molecule has 0 amide bonds. The van der Waals surface area contributed by atoms with Crippen molar-refractivity contribution in [2.45, 2.75) is 54.9 Å². The Morgan fingerprint density at radius 1 is 0.917 bits per heavy atom. The first kappa shape index (κ1) is 12.0. The van der Waals surface area contributed by atoms with Crippen LogP contribution in [0.4, 0.5) is 0 Å². The fraction of sp³-hybridized carbons (Fsp3) is 1.00. The minimum absolute atomic E-state index is 0. The Labute approximate surface area is 78.8 Å². The largest absolute Gasteiger partial charge is 0.0776 e. The highest BCUT2D eigenvalue weighted by Gasteiger charge is 2.34. The summed E-state index contributed by atoms with van der Waals surface area (Å²) in [6.07, 6.45) is 2.90. The van der Waals surface area contributed by atoms with Crippen LogP contribution in [0.1, 0.15) is 54.9 Å². The van der Waals surface area contributed by atoms with Crippen molar-refractivity contribution in [1.82, 2.24) is 0 Å². The van der Waals surface area contributed by atoms with Gasteiger partial charge >= 0.3 is 0 Å². The van der Waals surface area contributed by atoms with Gasteiger partial charge in [-0.2, -0.15) is 0 Å². The molecular formula is C12H26. The summed E-state index contributed by atoms with van der Waals surface area (Å²) in [4.78, 5) is 0. The monoisotopic (exact) mass is 170 g/mol. The zero-order chi connectivity index (χ0) is 8.65. The maximum absolute atomic E-state index is 2.40. The number of hydrogen-bond acceptors (Lipinski definition) is 0. The molecule has 0 saturated heterocycles. The lowest BCUT2D eigenvalue weighted by Gasteiger charge is -2.26. The van der Waals surface area contributed by atoms with E-state index in [1.807, 2.05) is 0 Å². The van der Waals surface area contributed by atoms with Crippen LogP contribution in [0.5, 0.6) is 0 Å². The van der Waals surface area contributed by atoms with E-state index in [9.17, 15) is 0 Å². The summed E-state index contributed by atoms with van der Waals surface area (Å²) in [6, 6.07) is 0. The third kappa shape index (κ3) is 2.50. The van der Waals surface area contributed by atoms with E-state index in [0.717, 1.165) is 17.8 Å². The van der Waals surface area contributed by atoms with Crippen molar-refractivity contribution in [2.24, 2.45) is 23.2 Å². The maximum Gasteiger partial charge on any atom is -0.0354 e. The molecule has 0 aromatic carbocycles. The molecule has 0 bridgehead atoms. The third-order valence-corrected chi connectivity index (χ3v) is 3.51. The molecule has 2 atom stereocenters. The second-order valence-corrected chi connectivity index (χ2v) is 5.49. The molecular weight excluding hydrogens is 144 g/mol. The van der Waals surface area contributed by atoms with Gasteiger partial charge in [-0.25, -0.2) is 0 Å². The molecule has 0 nitrogen and oxygen atoms in total. The van der Waals surface area contributed by atoms with Gasteiger partial charge in [0.15, 0.2) is 0 Å². The summed E-state index contributed by atoms with van der Waals surface area (Å²) in [5.74, 6) is 2.88. The SMILES string of the molecule is C.CC1CC(C(C)(C)C)CC1C. The van der Waals surface area contributed by atoms with Crippen LogP contribution < -0.4 is 0 Å². The van der Waals surface area contributed by atoms with Crippen LogP contribution in [0.15, 0.2) is 0 Å². The standard InChI is InChI=1S/C11H22.CH4/c1-8-6-10(7-9(8)2)11(3,4)5;/h8-10H,6-7H2,1-5H3;1H4. The fourth-order valence-electron chi connectivity index (χ4n) is 2.17. The van der Waals surface area contributed by atoms with E-state index in [1.54, 1.807) is 0 Å². The van der Waals surface area contributed by atoms with Crippen LogP contribution in [-0.4, -0.2) is 0 Å². The van der Waals surface area contributed by atoms with Gasteiger partial charge in [-0.3, -0.25) is 0 Å². The normalized spacial score (nSPS) is 36.2. The highest BCUT2D eigenvalue weighted by Crippen LogP contribution is 2.44. The highest BCUT2D eigenvalue weighted by atomic mass is 14.4. The highest BCUT2D eigenvalue weighted by molar-refractivity contribution is 4.85. The molecule has 0 heterocycles. The Kier molecular flexibility index (Phi) is 3.81. The lowest BCUT2D eigenvalue weighted by atomic mass is 9.79. The molecule has 1 aliphatic rings. The van der Waals surface area contributed by atoms with Gasteiger partial charge in [-0.05, 0) is 36.0 Å². The molecule has 0 spiro atoms. The van der Waals surface area contributed by atoms with Crippen LogP contribution in [0.3, 0.4) is 0 Å². The van der Waals surface area contributed by atoms with Crippen molar-refractivity contribution in [3.05, 3.63) is 0 Å². The maximum atomic E-state index is 2.40. The topological polar surface area (TPSA) is 0 Å². The Hall–Kier alpha value is 0. The Bertz CT molecular complexity index is 119. The molecule has 0 aliphatic heterocycles. The second-order valence-electron chi connectivity index (χ2n) is 5.49. The predicted molar refractivity (Wildman–Crippen MR) is 57.2 cm³/mol. The van der Waals surface area contributed by atoms with Gasteiger partial charge in [0.1, 0.15) is 0 Å². The summed E-state index contributed by atoms with van der Waals surface area (Å²) in [7, 11) is 0. The van der Waals surface area contributed by atoms with Crippen molar-refractivity contribution in [3.63, 3.8) is 0 Å². The van der Waals surface area contributed by atoms with Gasteiger partial charge in [0.05, 0.1) is 0 Å². The molecule has 74 valence electrons. The second kappa shape index (κ2) is 3.81. The molecule has 0 aromatic rings. The van der Waals surface area contributed by atoms with E-state index in [0.29, 0.717) is 5.41 Å². The fourth-order valence-corrected chi connectivity index (χ4v) is 2.17. The van der Waals surface area contributed by atoms with E-state index in [-0.39, 0.29) is 7.43 Å². The minimum atomic E-state index is 0. The third-order valence-electron chi connectivity index (χ3n) is 3.51. The molecule has 1 rings (SSSR count). The van der Waals surface area contributed by atoms with Crippen LogP contribution >= 0.6 is 0 Å². The first-order chi connectivity index (χ1) is 4.91. The molecule has 1 saturated carbocycles. The van der Waals surface area contributed by atoms with Crippen LogP contribution in [0.25, 0.3) is 0 Å². The average Bonchev–Trinajstić information content (AvgIpc) is 2.11. The first-order valence-electron chi connectivity index (χ1n) is 4.91. The van der Waals surface area contributed by atoms with E-state index < -0.39 is 0 Å². The molecule has 0 N–H and O–H groups in total. The van der Waals surface area contributed by atoms with Gasteiger partial charge < -0.3 is 0 Å². The lowest BCUT2D eigenvalue weighted by molar-refractivity contribution is 0.238. The van der Waals surface area contributed by atoms with Crippen molar-refractivity contribution >= 4 is 0 Å². The van der Waals surface area contributed by atoms with Crippen LogP contribution in [0, 0.1) is 23.2 Å². The molecule has 2 unspecified atom stereocenters. The molecule has 0 aromatic heterocycles. The predicted octanol–water partition coefficient (Wildman–Crippen LogP) is 4.35. The Balaban J connectivity index is 0.00000121. The Morgan fingerprint density at radius 2 is 1.25 bits per heavy atom. The van der Waals surface area contributed by atoms with Crippen LogP contribution in [-0.2, 0) is 0 Å². The molecule has 12 heavy (non-hydrogen) atoms. The van der Waals surface area contributed by atoms with E-state index >= 15 is 0 Å². The molecule has 1 aliphatic carbocycles. The zero-order valence-electron chi connectivity index (χ0n) is 8.65. The summed E-state index contributed by atoms with van der Waals surface area (Å²) < 4.78 is 0. The van der Waals surface area contributed by atoms with Crippen LogP contribution in [0.2, 0.25) is 0 Å². The molecule has 0 radical (unpaired) electrons. The Morgan fingerprint density at radius 3 is 1.42 bits per heavy atom. The molecule has 1 fully saturated rings. The zero-order valence-corrected chi connectivity index (χ0v) is 8.65. The summed E-state index contributed by atoms with van der Waals surface area (Å²) in [6.45, 7) is 11.9. The van der Waals surface area contributed by atoms with Crippen molar-refractivity contribution in [1.29, 1.82) is 0 Å². The summed E-state index contributed by atoms with van der Waals surface area (Å²) in [5, 5.41) is 0. The van der Waals surface area contributed by atoms with E-state index in [2.05, 4.69) is 34.6 Å². The van der Waals surface area contributed by atoms with Crippen molar-refractivity contribution < 1.29 is 0 Å². The minimum Gasteiger partial charge on any atom is -0.0776 e. The van der Waals surface area contributed by atoms with E-state index in [1.165, 1.54) is 12.8 Å². The lowest BCUT2D eigenvalue weighted by Crippen LogP contribution is -2.17. The number of hydrogen-bond donors (Lipinski definition) is 0. The van der Waals surface area contributed by atoms with Gasteiger partial charge in [0, 0.05) is 0 Å². The van der Waals surface area contributed by atoms with Gasteiger partial charge in [-0.1, -0.05) is 42.0 Å². The van der Waals surface area contributed by atoms with Gasteiger partial charge in [-0.15, -0.1) is 0 Å². The summed E-state index contributed by atoms with van der Waals surface area (Å²) >= 11 is 0. The number of rotatable bonds is 0. The average molecular weight is 170 g/mol. The summed E-state index contributed by atoms with van der Waals surface area (Å²) in [5.41, 5.74) is 0.541. The van der Waals surface area contributed by atoms with Gasteiger partial charge in [0.2, 0.25) is 0 Å². The molecule has 0 heteroatoms. The first-order valence-corrected chi connectivity index (χ1v) is 4.91. The van der Waals surface area contributed by atoms with Gasteiger partial charge in [0.25, 0.3) is 0 Å².